The van der Waals surface area contributed by atoms with Crippen molar-refractivity contribution in [1.29, 1.82) is 0 Å². The Balaban J connectivity index is 1.45. The number of rotatable bonds is 3. The Morgan fingerprint density at radius 3 is 2.88 bits per heavy atom. The van der Waals surface area contributed by atoms with Gasteiger partial charge in [-0.05, 0) is 26.2 Å². The van der Waals surface area contributed by atoms with Crippen molar-refractivity contribution in [3.8, 4) is 0 Å². The van der Waals surface area contributed by atoms with E-state index >= 15 is 0 Å². The first-order valence-electron chi connectivity index (χ1n) is 8.59. The van der Waals surface area contributed by atoms with E-state index in [-0.39, 0.29) is 11.9 Å². The molecule has 2 N–H and O–H groups in total. The Kier molecular flexibility index (Phi) is 5.34. The summed E-state index contributed by atoms with van der Waals surface area (Å²) in [6, 6.07) is 1.38. The summed E-state index contributed by atoms with van der Waals surface area (Å²) in [6.45, 7) is 6.17. The fourth-order valence-electron chi connectivity index (χ4n) is 3.14. The fourth-order valence-corrected chi connectivity index (χ4v) is 3.14. The molecule has 24 heavy (non-hydrogen) atoms. The number of amides is 3. The maximum Gasteiger partial charge on any atom is 0.318 e. The van der Waals surface area contributed by atoms with Crippen LogP contribution >= 0.6 is 0 Å². The normalized spacial score (nSPS) is 22.8. The molecule has 1 atom stereocenters. The molecule has 1 aromatic rings. The number of hydrogen-bond acceptors (Lipinski definition) is 5. The number of nitrogens with zero attached hydrogens (tertiary/aromatic N) is 3. The van der Waals surface area contributed by atoms with E-state index in [2.05, 4.69) is 20.7 Å². The van der Waals surface area contributed by atoms with Gasteiger partial charge in [0.1, 0.15) is 6.04 Å². The molecule has 2 aliphatic rings. The van der Waals surface area contributed by atoms with Crippen LogP contribution in [0.3, 0.4) is 0 Å². The average Bonchev–Trinajstić information content (AvgIpc) is 2.87. The highest BCUT2D eigenvalue weighted by atomic mass is 16.5. The van der Waals surface area contributed by atoms with Gasteiger partial charge in [0.05, 0.1) is 12.2 Å². The lowest BCUT2D eigenvalue weighted by Crippen LogP contribution is -2.55. The molecular weight excluding hydrogens is 310 g/mol. The Labute approximate surface area is 141 Å². The van der Waals surface area contributed by atoms with Crippen LogP contribution in [0.1, 0.15) is 30.7 Å². The summed E-state index contributed by atoms with van der Waals surface area (Å²) >= 11 is 0. The molecule has 2 saturated heterocycles. The van der Waals surface area contributed by atoms with Gasteiger partial charge in [0.15, 0.2) is 5.76 Å². The molecule has 8 heteroatoms. The van der Waals surface area contributed by atoms with Crippen molar-refractivity contribution in [3.63, 3.8) is 0 Å². The van der Waals surface area contributed by atoms with Crippen LogP contribution in [0, 0.1) is 6.92 Å². The molecule has 0 bridgehead atoms. The molecule has 1 aromatic heterocycles. The smallest absolute Gasteiger partial charge is 0.318 e. The van der Waals surface area contributed by atoms with E-state index in [1.54, 1.807) is 4.90 Å². The SMILES string of the molecule is Cc1cc(CN2CCN(C(=O)NC3CCCCNC3=O)CC2)on1. The Bertz CT molecular complexity index is 580. The van der Waals surface area contributed by atoms with Gasteiger partial charge in [-0.2, -0.15) is 0 Å². The van der Waals surface area contributed by atoms with Crippen LogP contribution in [0.25, 0.3) is 0 Å². The van der Waals surface area contributed by atoms with E-state index in [1.807, 2.05) is 13.0 Å². The summed E-state index contributed by atoms with van der Waals surface area (Å²) < 4.78 is 5.24. The van der Waals surface area contributed by atoms with Crippen molar-refractivity contribution >= 4 is 11.9 Å². The third-order valence-corrected chi connectivity index (χ3v) is 4.55. The standard InChI is InChI=1S/C16H25N5O3/c1-12-10-13(24-19-12)11-20-6-8-21(9-7-20)16(23)18-14-4-2-3-5-17-15(14)22/h10,14H,2-9,11H2,1H3,(H,17,22)(H,18,23). The monoisotopic (exact) mass is 335 g/mol. The molecule has 0 saturated carbocycles. The largest absolute Gasteiger partial charge is 0.360 e. The van der Waals surface area contributed by atoms with E-state index in [0.717, 1.165) is 37.4 Å². The van der Waals surface area contributed by atoms with Crippen molar-refractivity contribution in [2.75, 3.05) is 32.7 Å². The lowest BCUT2D eigenvalue weighted by Gasteiger charge is -2.34. The second-order valence-electron chi connectivity index (χ2n) is 6.49. The predicted octanol–water partition coefficient (Wildman–Crippen LogP) is 0.479. The van der Waals surface area contributed by atoms with Gasteiger partial charge in [-0.15, -0.1) is 0 Å². The van der Waals surface area contributed by atoms with Crippen LogP contribution in [-0.2, 0) is 11.3 Å². The highest BCUT2D eigenvalue weighted by Crippen LogP contribution is 2.11. The lowest BCUT2D eigenvalue weighted by molar-refractivity contribution is -0.122. The summed E-state index contributed by atoms with van der Waals surface area (Å²) in [7, 11) is 0. The first-order chi connectivity index (χ1) is 11.6. The quantitative estimate of drug-likeness (QED) is 0.838. The van der Waals surface area contributed by atoms with Crippen LogP contribution in [-0.4, -0.2) is 65.7 Å². The maximum atomic E-state index is 12.4. The van der Waals surface area contributed by atoms with E-state index in [9.17, 15) is 9.59 Å². The zero-order chi connectivity index (χ0) is 16.9. The lowest BCUT2D eigenvalue weighted by atomic mass is 10.1. The van der Waals surface area contributed by atoms with Crippen molar-refractivity contribution in [2.45, 2.75) is 38.8 Å². The van der Waals surface area contributed by atoms with Crippen LogP contribution in [0.5, 0.6) is 0 Å². The fraction of sp³-hybridized carbons (Fsp3) is 0.688. The molecule has 3 rings (SSSR count). The molecule has 132 valence electrons. The van der Waals surface area contributed by atoms with Gasteiger partial charge in [0.2, 0.25) is 5.91 Å². The molecular formula is C16H25N5O3. The summed E-state index contributed by atoms with van der Waals surface area (Å²) in [5.74, 6) is 0.778. The maximum absolute atomic E-state index is 12.4. The molecule has 3 heterocycles. The van der Waals surface area contributed by atoms with Gasteiger partial charge in [-0.25, -0.2) is 4.79 Å². The number of aromatic nitrogens is 1. The van der Waals surface area contributed by atoms with Crippen LogP contribution in [0.4, 0.5) is 4.79 Å². The number of piperazine rings is 1. The van der Waals surface area contributed by atoms with Crippen LogP contribution < -0.4 is 10.6 Å². The Hall–Kier alpha value is -2.09. The highest BCUT2D eigenvalue weighted by Gasteiger charge is 2.27. The second kappa shape index (κ2) is 7.65. The first-order valence-corrected chi connectivity index (χ1v) is 8.59. The number of carbonyl (C=O) groups excluding carboxylic acids is 2. The minimum Gasteiger partial charge on any atom is -0.360 e. The molecule has 0 aliphatic carbocycles. The van der Waals surface area contributed by atoms with Gasteiger partial charge in [0, 0.05) is 38.8 Å². The van der Waals surface area contributed by atoms with Gasteiger partial charge < -0.3 is 20.1 Å². The summed E-state index contributed by atoms with van der Waals surface area (Å²) in [5, 5.41) is 9.61. The molecule has 0 radical (unpaired) electrons. The topological polar surface area (TPSA) is 90.7 Å². The van der Waals surface area contributed by atoms with E-state index < -0.39 is 6.04 Å². The minimum atomic E-state index is -0.407. The Morgan fingerprint density at radius 2 is 2.17 bits per heavy atom. The summed E-state index contributed by atoms with van der Waals surface area (Å²) in [5.41, 5.74) is 0.879. The molecule has 0 aromatic carbocycles. The minimum absolute atomic E-state index is 0.0693. The molecule has 1 unspecified atom stereocenters. The van der Waals surface area contributed by atoms with Gasteiger partial charge >= 0.3 is 6.03 Å². The van der Waals surface area contributed by atoms with E-state index in [4.69, 9.17) is 4.52 Å². The molecule has 3 amide bonds. The van der Waals surface area contributed by atoms with Crippen LogP contribution in [0.2, 0.25) is 0 Å². The Morgan fingerprint density at radius 1 is 1.38 bits per heavy atom. The first kappa shape index (κ1) is 16.8. The van der Waals surface area contributed by atoms with Crippen molar-refractivity contribution in [3.05, 3.63) is 17.5 Å². The highest BCUT2D eigenvalue weighted by molar-refractivity contribution is 5.87. The van der Waals surface area contributed by atoms with Gasteiger partial charge in [-0.3, -0.25) is 9.69 Å². The average molecular weight is 335 g/mol. The third-order valence-electron chi connectivity index (χ3n) is 4.55. The molecule has 2 aliphatic heterocycles. The zero-order valence-electron chi connectivity index (χ0n) is 14.1. The summed E-state index contributed by atoms with van der Waals surface area (Å²) in [6.07, 6.45) is 2.63. The van der Waals surface area contributed by atoms with Gasteiger partial charge in [0.25, 0.3) is 0 Å². The summed E-state index contributed by atoms with van der Waals surface area (Å²) in [4.78, 5) is 28.3. The number of aryl methyl sites for hydroxylation is 1. The van der Waals surface area contributed by atoms with Crippen molar-refractivity contribution in [2.24, 2.45) is 0 Å². The van der Waals surface area contributed by atoms with Gasteiger partial charge in [-0.1, -0.05) is 5.16 Å². The molecule has 8 nitrogen and oxygen atoms in total. The number of carbonyl (C=O) groups is 2. The van der Waals surface area contributed by atoms with Crippen LogP contribution in [0.15, 0.2) is 10.6 Å². The zero-order valence-corrected chi connectivity index (χ0v) is 14.1. The molecule has 2 fully saturated rings. The van der Waals surface area contributed by atoms with E-state index in [0.29, 0.717) is 32.6 Å². The molecule has 0 spiro atoms. The van der Waals surface area contributed by atoms with Crippen molar-refractivity contribution < 1.29 is 14.1 Å². The van der Waals surface area contributed by atoms with Crippen molar-refractivity contribution in [1.82, 2.24) is 25.6 Å². The number of nitrogens with one attached hydrogen (secondary N) is 2. The third kappa shape index (κ3) is 4.25. The van der Waals surface area contributed by atoms with E-state index in [1.165, 1.54) is 0 Å². The predicted molar refractivity (Wildman–Crippen MR) is 87.3 cm³/mol. The second-order valence-corrected chi connectivity index (χ2v) is 6.49. The number of hydrogen-bond donors (Lipinski definition) is 2. The number of urea groups is 1.